The molecule has 59 valence electrons. The van der Waals surface area contributed by atoms with Crippen LogP contribution < -0.4 is 0 Å². The van der Waals surface area contributed by atoms with E-state index < -0.39 is 0 Å². The van der Waals surface area contributed by atoms with E-state index >= 15 is 0 Å². The Kier molecular flexibility index (Phi) is 1.54. The second-order valence-electron chi connectivity index (χ2n) is 2.73. The quantitative estimate of drug-likeness (QED) is 0.585. The molecule has 0 saturated heterocycles. The van der Waals surface area contributed by atoms with E-state index in [0.29, 0.717) is 0 Å². The number of aryl methyl sites for hydroxylation is 1. The first-order valence-electron chi connectivity index (χ1n) is 3.83. The summed E-state index contributed by atoms with van der Waals surface area (Å²) in [4.78, 5) is 8.46. The SMILES string of the molecule is [CH2]c1nc(C)nc2ccccc12. The van der Waals surface area contributed by atoms with Gasteiger partial charge in [-0.3, -0.25) is 0 Å². The zero-order valence-electron chi connectivity index (χ0n) is 6.91. The van der Waals surface area contributed by atoms with E-state index in [1.54, 1.807) is 0 Å². The van der Waals surface area contributed by atoms with Gasteiger partial charge in [-0.2, -0.15) is 0 Å². The monoisotopic (exact) mass is 157 g/mol. The molecule has 0 fully saturated rings. The van der Waals surface area contributed by atoms with Crippen LogP contribution in [-0.2, 0) is 0 Å². The van der Waals surface area contributed by atoms with Gasteiger partial charge in [0.1, 0.15) is 5.82 Å². The average Bonchev–Trinajstić information content (AvgIpc) is 2.04. The Morgan fingerprint density at radius 2 is 1.92 bits per heavy atom. The van der Waals surface area contributed by atoms with Crippen LogP contribution in [0.1, 0.15) is 11.5 Å². The minimum Gasteiger partial charge on any atom is -0.238 e. The standard InChI is InChI=1S/C10H9N2/c1-7-9-5-3-4-6-10(9)12-8(2)11-7/h3-6H,1H2,2H3. The molecule has 0 aliphatic carbocycles. The molecule has 0 atom stereocenters. The molecule has 0 amide bonds. The Morgan fingerprint density at radius 1 is 1.17 bits per heavy atom. The molecule has 1 aromatic heterocycles. The molecule has 2 rings (SSSR count). The molecule has 0 aliphatic heterocycles. The largest absolute Gasteiger partial charge is 0.238 e. The van der Waals surface area contributed by atoms with E-state index in [0.717, 1.165) is 22.4 Å². The summed E-state index contributed by atoms with van der Waals surface area (Å²) in [7, 11) is 0. The van der Waals surface area contributed by atoms with Gasteiger partial charge in [0.25, 0.3) is 0 Å². The summed E-state index contributed by atoms with van der Waals surface area (Å²) in [5.41, 5.74) is 1.77. The van der Waals surface area contributed by atoms with Crippen molar-refractivity contribution in [2.75, 3.05) is 0 Å². The van der Waals surface area contributed by atoms with Gasteiger partial charge in [0.2, 0.25) is 0 Å². The van der Waals surface area contributed by atoms with Crippen LogP contribution in [0.5, 0.6) is 0 Å². The molecule has 0 N–H and O–H groups in total. The maximum atomic E-state index is 4.29. The highest BCUT2D eigenvalue weighted by atomic mass is 14.9. The molecule has 12 heavy (non-hydrogen) atoms. The Hall–Kier alpha value is -1.44. The molecular weight excluding hydrogens is 148 g/mol. The van der Waals surface area contributed by atoms with E-state index in [-0.39, 0.29) is 0 Å². The summed E-state index contributed by atoms with van der Waals surface area (Å²) in [6, 6.07) is 7.89. The van der Waals surface area contributed by atoms with Gasteiger partial charge in [-0.05, 0) is 19.9 Å². The van der Waals surface area contributed by atoms with E-state index in [4.69, 9.17) is 0 Å². The smallest absolute Gasteiger partial charge is 0.126 e. The van der Waals surface area contributed by atoms with Crippen LogP contribution in [0.4, 0.5) is 0 Å². The molecule has 2 aromatic rings. The van der Waals surface area contributed by atoms with E-state index in [9.17, 15) is 0 Å². The van der Waals surface area contributed by atoms with Gasteiger partial charge < -0.3 is 0 Å². The first-order valence-corrected chi connectivity index (χ1v) is 3.83. The summed E-state index contributed by atoms with van der Waals surface area (Å²) in [6.45, 7) is 5.73. The number of para-hydroxylation sites is 1. The third-order valence-corrected chi connectivity index (χ3v) is 1.79. The second kappa shape index (κ2) is 2.55. The summed E-state index contributed by atoms with van der Waals surface area (Å²) in [5.74, 6) is 0.777. The van der Waals surface area contributed by atoms with E-state index in [1.165, 1.54) is 0 Å². The lowest BCUT2D eigenvalue weighted by atomic mass is 10.2. The third kappa shape index (κ3) is 1.05. The fourth-order valence-electron chi connectivity index (χ4n) is 1.27. The summed E-state index contributed by atoms with van der Waals surface area (Å²) >= 11 is 0. The molecule has 0 saturated carbocycles. The van der Waals surface area contributed by atoms with Gasteiger partial charge in [-0.25, -0.2) is 9.97 Å². The van der Waals surface area contributed by atoms with Crippen LogP contribution in [0.2, 0.25) is 0 Å². The van der Waals surface area contributed by atoms with Crippen molar-refractivity contribution in [1.29, 1.82) is 0 Å². The van der Waals surface area contributed by atoms with Crippen molar-refractivity contribution in [2.24, 2.45) is 0 Å². The first kappa shape index (κ1) is 7.22. The van der Waals surface area contributed by atoms with Crippen LogP contribution in [0.3, 0.4) is 0 Å². The van der Waals surface area contributed by atoms with Crippen LogP contribution in [0.25, 0.3) is 10.9 Å². The van der Waals surface area contributed by atoms with Crippen LogP contribution in [0.15, 0.2) is 24.3 Å². The number of rotatable bonds is 0. The highest BCUT2D eigenvalue weighted by molar-refractivity contribution is 5.81. The van der Waals surface area contributed by atoms with Gasteiger partial charge in [0, 0.05) is 5.39 Å². The number of fused-ring (bicyclic) bond motifs is 1. The van der Waals surface area contributed by atoms with Crippen LogP contribution >= 0.6 is 0 Å². The van der Waals surface area contributed by atoms with E-state index in [1.807, 2.05) is 31.2 Å². The fourth-order valence-corrected chi connectivity index (χ4v) is 1.27. The van der Waals surface area contributed by atoms with Gasteiger partial charge in [0.05, 0.1) is 11.2 Å². The predicted octanol–water partition coefficient (Wildman–Crippen LogP) is 2.12. The lowest BCUT2D eigenvalue weighted by Gasteiger charge is -2.00. The molecule has 0 aliphatic rings. The molecule has 1 heterocycles. The van der Waals surface area contributed by atoms with Crippen molar-refractivity contribution in [3.63, 3.8) is 0 Å². The van der Waals surface area contributed by atoms with Crippen molar-refractivity contribution >= 4 is 10.9 Å². The summed E-state index contributed by atoms with van der Waals surface area (Å²) in [6.07, 6.45) is 0. The molecule has 0 spiro atoms. The Labute approximate surface area is 71.3 Å². The van der Waals surface area contributed by atoms with Crippen LogP contribution in [0, 0.1) is 13.8 Å². The van der Waals surface area contributed by atoms with Gasteiger partial charge in [-0.1, -0.05) is 18.2 Å². The minimum atomic E-state index is 0.777. The Bertz CT molecular complexity index is 421. The van der Waals surface area contributed by atoms with Crippen LogP contribution in [-0.4, -0.2) is 9.97 Å². The number of hydrogen-bond acceptors (Lipinski definition) is 2. The molecular formula is C10H9N2. The molecule has 1 radical (unpaired) electrons. The predicted molar refractivity (Wildman–Crippen MR) is 48.7 cm³/mol. The molecule has 0 bridgehead atoms. The molecule has 2 nitrogen and oxygen atoms in total. The van der Waals surface area contributed by atoms with E-state index in [2.05, 4.69) is 16.9 Å². The number of hydrogen-bond donors (Lipinski definition) is 0. The maximum Gasteiger partial charge on any atom is 0.126 e. The Balaban J connectivity index is 2.89. The molecule has 0 unspecified atom stereocenters. The second-order valence-corrected chi connectivity index (χ2v) is 2.73. The lowest BCUT2D eigenvalue weighted by molar-refractivity contribution is 1.07. The van der Waals surface area contributed by atoms with Crippen molar-refractivity contribution in [2.45, 2.75) is 6.92 Å². The number of aromatic nitrogens is 2. The summed E-state index contributed by atoms with van der Waals surface area (Å²) < 4.78 is 0. The average molecular weight is 157 g/mol. The van der Waals surface area contributed by atoms with Gasteiger partial charge in [-0.15, -0.1) is 0 Å². The maximum absolute atomic E-state index is 4.29. The first-order chi connectivity index (χ1) is 5.77. The molecule has 1 aromatic carbocycles. The Morgan fingerprint density at radius 3 is 2.75 bits per heavy atom. The number of benzene rings is 1. The minimum absolute atomic E-state index is 0.777. The van der Waals surface area contributed by atoms with Crippen molar-refractivity contribution in [3.8, 4) is 0 Å². The van der Waals surface area contributed by atoms with Crippen molar-refractivity contribution < 1.29 is 0 Å². The normalized spacial score (nSPS) is 10.5. The lowest BCUT2D eigenvalue weighted by Crippen LogP contribution is -1.92. The summed E-state index contributed by atoms with van der Waals surface area (Å²) in [5, 5.41) is 1.03. The van der Waals surface area contributed by atoms with Gasteiger partial charge in [0.15, 0.2) is 0 Å². The highest BCUT2D eigenvalue weighted by Gasteiger charge is 1.98. The molecule has 2 heteroatoms. The third-order valence-electron chi connectivity index (χ3n) is 1.79. The van der Waals surface area contributed by atoms with Crippen molar-refractivity contribution in [1.82, 2.24) is 9.97 Å². The zero-order chi connectivity index (χ0) is 8.55. The fraction of sp³-hybridized carbons (Fsp3) is 0.100. The zero-order valence-corrected chi connectivity index (χ0v) is 6.91. The highest BCUT2D eigenvalue weighted by Crippen LogP contribution is 2.13. The van der Waals surface area contributed by atoms with Crippen molar-refractivity contribution in [3.05, 3.63) is 42.7 Å². The van der Waals surface area contributed by atoms with Gasteiger partial charge >= 0.3 is 0 Å². The topological polar surface area (TPSA) is 25.8 Å². The number of nitrogens with zero attached hydrogens (tertiary/aromatic N) is 2.